The number of anilines is 3. The van der Waals surface area contributed by atoms with Crippen LogP contribution in [-0.4, -0.2) is 4.98 Å². The first-order valence-electron chi connectivity index (χ1n) is 27.7. The third-order valence-electron chi connectivity index (χ3n) is 16.6. The Morgan fingerprint density at radius 3 is 1.72 bits per heavy atom. The number of pyridine rings is 1. The summed E-state index contributed by atoms with van der Waals surface area (Å²) in [5.41, 5.74) is 18.1. The maximum atomic E-state index is 9.28. The molecule has 1 spiro atoms. The fraction of sp³-hybridized carbons (Fsp3) is 0.132. The molecule has 0 radical (unpaired) electrons. The molecule has 1 aromatic heterocycles. The van der Waals surface area contributed by atoms with Crippen molar-refractivity contribution in [3.05, 3.63) is 251 Å². The molecule has 0 N–H and O–H groups in total. The first-order chi connectivity index (χ1) is 37.5. The van der Waals surface area contributed by atoms with Gasteiger partial charge >= 0.3 is 0 Å². The second kappa shape index (κ2) is 15.8. The monoisotopic (exact) mass is 966 g/mol. The highest BCUT2D eigenvalue weighted by molar-refractivity contribution is 8.00. The Kier molecular flexibility index (Phi) is 8.22. The van der Waals surface area contributed by atoms with Crippen LogP contribution >= 0.6 is 23.5 Å². The quantitative estimate of drug-likeness (QED) is 0.172. The molecule has 0 bridgehead atoms. The highest BCUT2D eigenvalue weighted by atomic mass is 32.2. The predicted molar refractivity (Wildman–Crippen MR) is 302 cm³/mol. The van der Waals surface area contributed by atoms with E-state index in [9.17, 15) is 4.11 Å². The molecule has 1 unspecified atom stereocenters. The zero-order valence-corrected chi connectivity index (χ0v) is 42.0. The van der Waals surface area contributed by atoms with Crippen LogP contribution < -0.4 is 4.90 Å². The van der Waals surface area contributed by atoms with Crippen molar-refractivity contribution in [2.45, 2.75) is 77.2 Å². The zero-order valence-electron chi connectivity index (χ0n) is 46.3. The van der Waals surface area contributed by atoms with E-state index in [1.807, 2.05) is 42.6 Å². The van der Waals surface area contributed by atoms with Gasteiger partial charge in [-0.3, -0.25) is 4.98 Å². The van der Waals surface area contributed by atoms with Gasteiger partial charge in [-0.25, -0.2) is 0 Å². The third-order valence-corrected chi connectivity index (χ3v) is 18.9. The fourth-order valence-electron chi connectivity index (χ4n) is 12.5. The summed E-state index contributed by atoms with van der Waals surface area (Å²) in [6.45, 7) is 4.52. The number of rotatable bonds is 2. The summed E-state index contributed by atoms with van der Waals surface area (Å²) in [6, 6.07) is 69.8. The molecular weight excluding hydrogens is 909 g/mol. The van der Waals surface area contributed by atoms with Crippen LogP contribution in [0.2, 0.25) is 0 Å². The predicted octanol–water partition coefficient (Wildman–Crippen LogP) is 18.7. The second-order valence-electron chi connectivity index (χ2n) is 20.6. The van der Waals surface area contributed by atoms with Crippen LogP contribution in [0.5, 0.6) is 0 Å². The minimum Gasteiger partial charge on any atom is -0.310 e. The lowest BCUT2D eigenvalue weighted by Crippen LogP contribution is -2.39. The van der Waals surface area contributed by atoms with Crippen molar-refractivity contribution in [1.29, 1.82) is 0 Å². The summed E-state index contributed by atoms with van der Waals surface area (Å²) in [4.78, 5) is 11.1. The maximum Gasteiger partial charge on any atom is 0.0786 e. The lowest BCUT2D eigenvalue weighted by atomic mass is 9.61. The molecule has 10 aromatic rings. The first kappa shape index (κ1) is 37.4. The van der Waals surface area contributed by atoms with Crippen LogP contribution in [0.4, 0.5) is 17.1 Å². The van der Waals surface area contributed by atoms with E-state index in [0.717, 1.165) is 109 Å². The van der Waals surface area contributed by atoms with Crippen LogP contribution in [-0.2, 0) is 16.2 Å². The Morgan fingerprint density at radius 1 is 0.431 bits per heavy atom. The van der Waals surface area contributed by atoms with Crippen molar-refractivity contribution >= 4 is 40.6 Å². The average molecular weight is 967 g/mol. The molecular formula is C68H52N2S2. The molecule has 9 aromatic carbocycles. The van der Waals surface area contributed by atoms with Crippen molar-refractivity contribution < 1.29 is 8.22 Å². The summed E-state index contributed by atoms with van der Waals surface area (Å²) >= 11 is 3.22. The Bertz CT molecular complexity index is 4110. The van der Waals surface area contributed by atoms with E-state index in [0.29, 0.717) is 5.56 Å². The molecule has 2 nitrogen and oxygen atoms in total. The highest BCUT2D eigenvalue weighted by Crippen LogP contribution is 2.65. The molecule has 4 aliphatic rings. The highest BCUT2D eigenvalue weighted by Gasteiger charge is 2.51. The summed E-state index contributed by atoms with van der Waals surface area (Å²) in [5, 5.41) is 0. The van der Waals surface area contributed by atoms with E-state index in [4.69, 9.17) is 9.10 Å². The molecule has 0 fully saturated rings. The molecule has 4 heteroatoms. The van der Waals surface area contributed by atoms with Crippen molar-refractivity contribution in [3.8, 4) is 55.8 Å². The normalized spacial score (nSPS) is 18.5. The van der Waals surface area contributed by atoms with Crippen molar-refractivity contribution in [2.75, 3.05) is 4.90 Å². The summed E-state index contributed by atoms with van der Waals surface area (Å²) in [6.07, 6.45) is 1.84. The summed E-state index contributed by atoms with van der Waals surface area (Å²) in [5.74, 6) is 0. The minimum atomic E-state index is -2.52. The number of benzene rings is 9. The average Bonchev–Trinajstić information content (AvgIpc) is 3.47. The van der Waals surface area contributed by atoms with Gasteiger partial charge in [0.15, 0.2) is 0 Å². The molecule has 346 valence electrons. The number of aryl methyl sites for hydroxylation is 2. The SMILES string of the molecule is [2H]C([2H])([2H])c1ccc2c(c1)Sc1c(ccc(C([2H])([2H])[2H])c1-c1ccc3c(c1)-c1ccccc1-c1ncccc1-c1ccccc1-3)C21c2ccccc2Sc2cc(N3c4ccccc4C(C)(C)C(C)(C)c4ccccc43)ccc21. The minimum absolute atomic E-state index is 0.226. The van der Waals surface area contributed by atoms with Crippen LogP contribution in [0.3, 0.4) is 0 Å². The molecule has 1 aliphatic carbocycles. The van der Waals surface area contributed by atoms with Crippen LogP contribution in [0, 0.1) is 13.7 Å². The second-order valence-corrected chi connectivity index (χ2v) is 22.7. The van der Waals surface area contributed by atoms with Crippen molar-refractivity contribution in [1.82, 2.24) is 4.98 Å². The lowest BCUT2D eigenvalue weighted by molar-refractivity contribution is 0.307. The maximum absolute atomic E-state index is 9.28. The summed E-state index contributed by atoms with van der Waals surface area (Å²) < 4.78 is 54.0. The Morgan fingerprint density at radius 2 is 1.00 bits per heavy atom. The van der Waals surface area contributed by atoms with Gasteiger partial charge in [-0.15, -0.1) is 0 Å². The van der Waals surface area contributed by atoms with Gasteiger partial charge < -0.3 is 4.90 Å². The van der Waals surface area contributed by atoms with Gasteiger partial charge in [0.05, 0.1) is 11.1 Å². The number of aromatic nitrogens is 1. The van der Waals surface area contributed by atoms with Crippen molar-refractivity contribution in [3.63, 3.8) is 0 Å². The van der Waals surface area contributed by atoms with Gasteiger partial charge in [0.1, 0.15) is 0 Å². The van der Waals surface area contributed by atoms with E-state index in [1.54, 1.807) is 17.8 Å². The zero-order chi connectivity index (χ0) is 53.7. The van der Waals surface area contributed by atoms with E-state index < -0.39 is 19.1 Å². The molecule has 72 heavy (non-hydrogen) atoms. The fourth-order valence-corrected chi connectivity index (χ4v) is 15.2. The number of fused-ring (bicyclic) bond motifs is 18. The molecule has 3 aliphatic heterocycles. The number of hydrogen-bond acceptors (Lipinski definition) is 4. The Labute approximate surface area is 440 Å². The molecule has 0 amide bonds. The smallest absolute Gasteiger partial charge is 0.0786 e. The van der Waals surface area contributed by atoms with Gasteiger partial charge in [-0.05, 0) is 146 Å². The topological polar surface area (TPSA) is 16.1 Å². The first-order valence-corrected chi connectivity index (χ1v) is 26.3. The van der Waals surface area contributed by atoms with Gasteiger partial charge in [0.2, 0.25) is 0 Å². The molecule has 0 saturated carbocycles. The Balaban J connectivity index is 1.06. The molecule has 4 heterocycles. The third kappa shape index (κ3) is 5.97. The van der Waals surface area contributed by atoms with E-state index in [2.05, 4.69) is 190 Å². The number of hydrogen-bond donors (Lipinski definition) is 0. The van der Waals surface area contributed by atoms with Gasteiger partial charge in [-0.1, -0.05) is 203 Å². The Hall–Kier alpha value is -7.37. The molecule has 14 rings (SSSR count). The van der Waals surface area contributed by atoms with Crippen molar-refractivity contribution in [2.24, 2.45) is 0 Å². The molecule has 1 atom stereocenters. The lowest BCUT2D eigenvalue weighted by Gasteiger charge is -2.46. The van der Waals surface area contributed by atoms with Gasteiger partial charge in [0, 0.05) is 73.0 Å². The van der Waals surface area contributed by atoms with E-state index in [-0.39, 0.29) is 22.0 Å². The summed E-state index contributed by atoms with van der Waals surface area (Å²) in [7, 11) is 0. The van der Waals surface area contributed by atoms with Gasteiger partial charge in [0.25, 0.3) is 0 Å². The number of nitrogens with zero attached hydrogens (tertiary/aromatic N) is 2. The van der Waals surface area contributed by atoms with E-state index >= 15 is 0 Å². The number of para-hydroxylation sites is 2. The largest absolute Gasteiger partial charge is 0.310 e. The standard InChI is InChI=1S/C68H52N2S2/c1-41-29-34-55-61(38-41)72-65-57(35-30-42(2)63(65)43-31-33-48-45-18-7-8-19-46(45)50-22-17-37-69-64(50)49-21-10-9-20-47(49)51(48)39-43)68(55)54-25-13-16-28-60(54)71-62-40-44(32-36-56(62)68)70-58-26-14-11-23-52(58)66(3,4)67(5,6)53-24-12-15-27-59(53)70/h7-40H,1-6H3/i1D3,2D3. The van der Waals surface area contributed by atoms with E-state index in [1.165, 1.54) is 22.9 Å². The molecule has 0 saturated heterocycles. The van der Waals surface area contributed by atoms with Crippen LogP contribution in [0.25, 0.3) is 55.8 Å². The van der Waals surface area contributed by atoms with Crippen LogP contribution in [0.15, 0.2) is 226 Å². The van der Waals surface area contributed by atoms with Crippen LogP contribution in [0.1, 0.15) is 80.4 Å². The van der Waals surface area contributed by atoms with Gasteiger partial charge in [-0.2, -0.15) is 0 Å².